The maximum Gasteiger partial charge on any atom is 0.298 e. The first kappa shape index (κ1) is 18.5. The normalized spacial score (nSPS) is 17.5. The molecule has 1 amide bonds. The van der Waals surface area contributed by atoms with E-state index in [0.717, 1.165) is 17.5 Å². The van der Waals surface area contributed by atoms with Crippen molar-refractivity contribution < 1.29 is 9.21 Å². The number of fused-ring (bicyclic) bond motifs is 1. The van der Waals surface area contributed by atoms with Crippen LogP contribution in [0.1, 0.15) is 26.7 Å². The van der Waals surface area contributed by atoms with E-state index >= 15 is 0 Å². The van der Waals surface area contributed by atoms with E-state index in [0.29, 0.717) is 38.6 Å². The average molecular weight is 353 g/mol. The van der Waals surface area contributed by atoms with Crippen molar-refractivity contribution in [3.05, 3.63) is 24.3 Å². The van der Waals surface area contributed by atoms with Crippen LogP contribution in [0.15, 0.2) is 28.7 Å². The topological polar surface area (TPSA) is 75.6 Å². The lowest BCUT2D eigenvalue weighted by Gasteiger charge is -2.37. The zero-order chi connectivity index (χ0) is 16.4. The first-order valence-electron chi connectivity index (χ1n) is 8.20. The molecule has 1 aliphatic rings. The minimum atomic E-state index is -0.769. The van der Waals surface area contributed by atoms with Gasteiger partial charge in [-0.2, -0.15) is 4.98 Å². The maximum absolute atomic E-state index is 12.5. The fourth-order valence-corrected chi connectivity index (χ4v) is 3.08. The van der Waals surface area contributed by atoms with Crippen molar-refractivity contribution in [2.75, 3.05) is 31.1 Å². The summed E-state index contributed by atoms with van der Waals surface area (Å²) < 4.78 is 5.80. The number of aromatic nitrogens is 1. The van der Waals surface area contributed by atoms with Gasteiger partial charge in [-0.1, -0.05) is 25.5 Å². The van der Waals surface area contributed by atoms with E-state index in [2.05, 4.69) is 9.88 Å². The van der Waals surface area contributed by atoms with E-state index in [4.69, 9.17) is 10.2 Å². The summed E-state index contributed by atoms with van der Waals surface area (Å²) in [4.78, 5) is 21.0. The number of benzene rings is 1. The predicted octanol–water partition coefficient (Wildman–Crippen LogP) is 2.42. The van der Waals surface area contributed by atoms with Gasteiger partial charge in [0.25, 0.3) is 6.01 Å². The van der Waals surface area contributed by atoms with Crippen LogP contribution in [0.3, 0.4) is 0 Å². The van der Waals surface area contributed by atoms with Crippen molar-refractivity contribution in [3.8, 4) is 0 Å². The van der Waals surface area contributed by atoms with E-state index in [-0.39, 0.29) is 18.3 Å². The van der Waals surface area contributed by atoms with Gasteiger partial charge in [0.2, 0.25) is 5.91 Å². The van der Waals surface area contributed by atoms with Crippen molar-refractivity contribution in [1.82, 2.24) is 9.88 Å². The molecule has 7 heteroatoms. The molecule has 0 aliphatic carbocycles. The number of piperazine rings is 1. The molecule has 132 valence electrons. The molecule has 1 aliphatic heterocycles. The van der Waals surface area contributed by atoms with E-state index in [1.54, 1.807) is 0 Å². The number of para-hydroxylation sites is 2. The largest absolute Gasteiger partial charge is 0.423 e. The van der Waals surface area contributed by atoms with E-state index in [1.165, 1.54) is 0 Å². The van der Waals surface area contributed by atoms with Crippen LogP contribution in [0.4, 0.5) is 6.01 Å². The van der Waals surface area contributed by atoms with Gasteiger partial charge in [0, 0.05) is 26.2 Å². The lowest BCUT2D eigenvalue weighted by Crippen LogP contribution is -2.58. The Hall–Kier alpha value is -1.79. The summed E-state index contributed by atoms with van der Waals surface area (Å²) in [7, 11) is 0. The zero-order valence-corrected chi connectivity index (χ0v) is 15.0. The van der Waals surface area contributed by atoms with Crippen LogP contribution in [0, 0.1) is 0 Å². The van der Waals surface area contributed by atoms with Crippen LogP contribution < -0.4 is 10.6 Å². The smallest absolute Gasteiger partial charge is 0.298 e. The number of halogens is 1. The standard InChI is InChI=1S/C17H24N4O2.ClH/c1-3-8-17(2,18)15(22)20-9-11-21(12-10-20)16-19-13-6-4-5-7-14(13)23-16;/h4-7H,3,8-12,18H2,1-2H3;1H. The molecule has 6 nitrogen and oxygen atoms in total. The molecule has 1 fully saturated rings. The van der Waals surface area contributed by atoms with Gasteiger partial charge in [-0.05, 0) is 25.5 Å². The van der Waals surface area contributed by atoms with Crippen LogP contribution in [0.2, 0.25) is 0 Å². The highest BCUT2D eigenvalue weighted by Gasteiger charge is 2.34. The molecule has 1 aromatic carbocycles. The molecule has 2 N–H and O–H groups in total. The SMILES string of the molecule is CCCC(C)(N)C(=O)N1CCN(c2nc3ccccc3o2)CC1.Cl. The van der Waals surface area contributed by atoms with Gasteiger partial charge in [0.05, 0.1) is 5.54 Å². The van der Waals surface area contributed by atoms with Gasteiger partial charge in [0.1, 0.15) is 5.52 Å². The molecule has 0 bridgehead atoms. The summed E-state index contributed by atoms with van der Waals surface area (Å²) >= 11 is 0. The molecular formula is C17H25ClN4O2. The Morgan fingerprint density at radius 1 is 1.29 bits per heavy atom. The monoisotopic (exact) mass is 352 g/mol. The van der Waals surface area contributed by atoms with Crippen molar-refractivity contribution >= 4 is 35.4 Å². The Morgan fingerprint density at radius 2 is 1.96 bits per heavy atom. The second-order valence-electron chi connectivity index (χ2n) is 6.41. The van der Waals surface area contributed by atoms with Gasteiger partial charge in [-0.15, -0.1) is 12.4 Å². The van der Waals surface area contributed by atoms with Gasteiger partial charge < -0.3 is 20.0 Å². The lowest BCUT2D eigenvalue weighted by atomic mass is 9.95. The Labute approximate surface area is 148 Å². The van der Waals surface area contributed by atoms with Crippen molar-refractivity contribution in [1.29, 1.82) is 0 Å². The molecule has 1 saturated heterocycles. The molecule has 3 rings (SSSR count). The van der Waals surface area contributed by atoms with Crippen LogP contribution in [0.25, 0.3) is 11.1 Å². The minimum Gasteiger partial charge on any atom is -0.423 e. The number of hydrogen-bond donors (Lipinski definition) is 1. The molecule has 24 heavy (non-hydrogen) atoms. The number of hydrogen-bond acceptors (Lipinski definition) is 5. The number of nitrogens with zero attached hydrogens (tertiary/aromatic N) is 3. The molecule has 1 unspecified atom stereocenters. The van der Waals surface area contributed by atoms with E-state index in [9.17, 15) is 4.79 Å². The highest BCUT2D eigenvalue weighted by Crippen LogP contribution is 2.23. The first-order chi connectivity index (χ1) is 11.0. The number of nitrogens with two attached hydrogens (primary N) is 1. The predicted molar refractivity (Wildman–Crippen MR) is 97.6 cm³/mol. The second-order valence-corrected chi connectivity index (χ2v) is 6.41. The van der Waals surface area contributed by atoms with Crippen LogP contribution >= 0.6 is 12.4 Å². The molecule has 2 heterocycles. The minimum absolute atomic E-state index is 0. The third kappa shape index (κ3) is 3.65. The summed E-state index contributed by atoms with van der Waals surface area (Å²) in [6.45, 7) is 6.58. The Kier molecular flexibility index (Phi) is 5.72. The van der Waals surface area contributed by atoms with Gasteiger partial charge in [0.15, 0.2) is 5.58 Å². The van der Waals surface area contributed by atoms with Crippen LogP contribution in [0.5, 0.6) is 0 Å². The fourth-order valence-electron chi connectivity index (χ4n) is 3.08. The quantitative estimate of drug-likeness (QED) is 0.914. The second kappa shape index (κ2) is 7.40. The third-order valence-corrected chi connectivity index (χ3v) is 4.38. The number of anilines is 1. The number of rotatable bonds is 4. The number of amides is 1. The van der Waals surface area contributed by atoms with Gasteiger partial charge >= 0.3 is 0 Å². The number of carbonyl (C=O) groups is 1. The molecule has 1 atom stereocenters. The van der Waals surface area contributed by atoms with Crippen molar-refractivity contribution in [2.24, 2.45) is 5.73 Å². The molecule has 1 aromatic heterocycles. The van der Waals surface area contributed by atoms with Gasteiger partial charge in [-0.3, -0.25) is 4.79 Å². The molecule has 0 radical (unpaired) electrons. The fraction of sp³-hybridized carbons (Fsp3) is 0.529. The third-order valence-electron chi connectivity index (χ3n) is 4.38. The van der Waals surface area contributed by atoms with E-state index < -0.39 is 5.54 Å². The highest BCUT2D eigenvalue weighted by atomic mass is 35.5. The number of oxazole rings is 1. The van der Waals surface area contributed by atoms with Crippen molar-refractivity contribution in [2.45, 2.75) is 32.2 Å². The Balaban J connectivity index is 0.00000208. The molecule has 0 spiro atoms. The lowest BCUT2D eigenvalue weighted by molar-refractivity contribution is -0.137. The molecule has 0 saturated carbocycles. The highest BCUT2D eigenvalue weighted by molar-refractivity contribution is 5.86. The van der Waals surface area contributed by atoms with E-state index in [1.807, 2.05) is 43.0 Å². The van der Waals surface area contributed by atoms with Crippen LogP contribution in [-0.2, 0) is 4.79 Å². The van der Waals surface area contributed by atoms with Gasteiger partial charge in [-0.25, -0.2) is 0 Å². The molecular weight excluding hydrogens is 328 g/mol. The summed E-state index contributed by atoms with van der Waals surface area (Å²) in [6.07, 6.45) is 1.61. The summed E-state index contributed by atoms with van der Waals surface area (Å²) in [5.74, 6) is 0.0385. The Morgan fingerprint density at radius 3 is 2.58 bits per heavy atom. The van der Waals surface area contributed by atoms with Crippen molar-refractivity contribution in [3.63, 3.8) is 0 Å². The summed E-state index contributed by atoms with van der Waals surface area (Å²) in [5, 5.41) is 0. The Bertz CT molecular complexity index is 660. The summed E-state index contributed by atoms with van der Waals surface area (Å²) in [6, 6.07) is 8.36. The average Bonchev–Trinajstić information content (AvgIpc) is 2.98. The molecule has 2 aromatic rings. The zero-order valence-electron chi connectivity index (χ0n) is 14.2. The summed E-state index contributed by atoms with van der Waals surface area (Å²) in [5.41, 5.74) is 7.04. The van der Waals surface area contributed by atoms with Crippen LogP contribution in [-0.4, -0.2) is 47.5 Å². The number of carbonyl (C=O) groups excluding carboxylic acids is 1. The maximum atomic E-state index is 12.5. The first-order valence-corrected chi connectivity index (χ1v) is 8.20.